The van der Waals surface area contributed by atoms with Gasteiger partial charge in [-0.05, 0) is 60.2 Å². The van der Waals surface area contributed by atoms with E-state index in [2.05, 4.69) is 9.72 Å². The highest BCUT2D eigenvalue weighted by molar-refractivity contribution is 7.90. The molecule has 15 heteroatoms. The minimum atomic E-state index is -3.58. The molecular weight excluding hydrogens is 693 g/mol. The van der Waals surface area contributed by atoms with Crippen LogP contribution in [0.2, 0.25) is 10.0 Å². The molecule has 1 saturated heterocycles. The van der Waals surface area contributed by atoms with Crippen molar-refractivity contribution < 1.29 is 45.7 Å². The van der Waals surface area contributed by atoms with Gasteiger partial charge in [-0.1, -0.05) is 29.3 Å². The lowest BCUT2D eigenvalue weighted by Crippen LogP contribution is -2.39. The van der Waals surface area contributed by atoms with Crippen molar-refractivity contribution in [2.45, 2.75) is 37.7 Å². The number of hydrogen-bond donors (Lipinski definition) is 0. The summed E-state index contributed by atoms with van der Waals surface area (Å²) in [5, 5.41) is 0.473. The molecule has 1 aliphatic carbocycles. The molecule has 1 atom stereocenters. The lowest BCUT2D eigenvalue weighted by molar-refractivity contribution is -0.0515. The highest BCUT2D eigenvalue weighted by atomic mass is 35.5. The molecule has 2 aromatic carbocycles. The predicted octanol–water partition coefficient (Wildman–Crippen LogP) is 6.18. The molecule has 0 N–H and O–H groups in total. The Balaban J connectivity index is 1.41. The maximum absolute atomic E-state index is 13.7. The number of carbonyl (C=O) groups is 1. The number of sulfone groups is 1. The van der Waals surface area contributed by atoms with E-state index in [-0.39, 0.29) is 45.0 Å². The zero-order valence-corrected chi connectivity index (χ0v) is 28.5. The summed E-state index contributed by atoms with van der Waals surface area (Å²) >= 11 is 12.8. The van der Waals surface area contributed by atoms with Gasteiger partial charge in [0.15, 0.2) is 21.3 Å². The summed E-state index contributed by atoms with van der Waals surface area (Å²) in [7, 11) is -2.16. The van der Waals surface area contributed by atoms with E-state index < -0.39 is 28.5 Å². The van der Waals surface area contributed by atoms with Crippen molar-refractivity contribution in [3.8, 4) is 17.2 Å². The summed E-state index contributed by atoms with van der Waals surface area (Å²) in [6.45, 7) is 0.0439. The van der Waals surface area contributed by atoms with Crippen LogP contribution < -0.4 is 14.2 Å². The van der Waals surface area contributed by atoms with E-state index in [0.29, 0.717) is 67.8 Å². The number of alkyl halides is 2. The molecular formula is C33H36Cl2F2N2O8S. The second kappa shape index (κ2) is 16.4. The maximum Gasteiger partial charge on any atom is 0.387 e. The number of methoxy groups -OCH3 is 1. The second-order valence-corrected chi connectivity index (χ2v) is 14.6. The van der Waals surface area contributed by atoms with E-state index in [1.807, 2.05) is 4.90 Å². The van der Waals surface area contributed by atoms with E-state index in [4.69, 9.17) is 42.1 Å². The lowest BCUT2D eigenvalue weighted by atomic mass is 10.0. The van der Waals surface area contributed by atoms with Crippen molar-refractivity contribution in [3.63, 3.8) is 0 Å². The fraction of sp³-hybridized carbons (Fsp3) is 0.455. The third-order valence-electron chi connectivity index (χ3n) is 8.03. The molecule has 2 fully saturated rings. The molecule has 1 aliphatic heterocycles. The average molecular weight is 730 g/mol. The van der Waals surface area contributed by atoms with E-state index in [0.717, 1.165) is 12.8 Å². The van der Waals surface area contributed by atoms with Gasteiger partial charge < -0.3 is 23.7 Å². The molecule has 0 spiro atoms. The highest BCUT2D eigenvalue weighted by Gasteiger charge is 2.27. The van der Waals surface area contributed by atoms with Gasteiger partial charge in [-0.2, -0.15) is 8.78 Å². The molecule has 0 bridgehead atoms. The Morgan fingerprint density at radius 3 is 2.42 bits per heavy atom. The van der Waals surface area contributed by atoms with Gasteiger partial charge in [-0.3, -0.25) is 9.88 Å². The van der Waals surface area contributed by atoms with Crippen molar-refractivity contribution in [1.29, 1.82) is 0 Å². The van der Waals surface area contributed by atoms with Crippen LogP contribution in [0.4, 0.5) is 8.78 Å². The molecule has 260 valence electrons. The minimum absolute atomic E-state index is 0.00196. The Morgan fingerprint density at radius 1 is 1.04 bits per heavy atom. The average Bonchev–Trinajstić information content (AvgIpc) is 3.89. The number of esters is 1. The number of pyridine rings is 1. The molecule has 3 aromatic rings. The second-order valence-electron chi connectivity index (χ2n) is 11.6. The van der Waals surface area contributed by atoms with E-state index in [1.54, 1.807) is 0 Å². The number of hydrogen-bond acceptors (Lipinski definition) is 10. The molecule has 1 saturated carbocycles. The molecule has 48 heavy (non-hydrogen) atoms. The van der Waals surface area contributed by atoms with Gasteiger partial charge in [0, 0.05) is 44.0 Å². The van der Waals surface area contributed by atoms with Crippen LogP contribution in [0.15, 0.2) is 48.8 Å². The SMILES string of the molecule is COc1ccc(C(=O)O[C@@H](Cc2c(Cl)cncc2Cl)c2ccc(OC(F)F)c(OCC3CC3)c2)cc1CS(=O)(=O)CCN1CCOCC1. The summed E-state index contributed by atoms with van der Waals surface area (Å²) in [6.07, 6.45) is 3.73. The highest BCUT2D eigenvalue weighted by Crippen LogP contribution is 2.38. The van der Waals surface area contributed by atoms with Crippen molar-refractivity contribution in [3.05, 3.63) is 81.1 Å². The van der Waals surface area contributed by atoms with Crippen LogP contribution in [-0.4, -0.2) is 83.2 Å². The number of carbonyl (C=O) groups excluding carboxylic acids is 1. The molecule has 1 aromatic heterocycles. The third kappa shape index (κ3) is 10.1. The van der Waals surface area contributed by atoms with Gasteiger partial charge in [0.1, 0.15) is 11.9 Å². The van der Waals surface area contributed by atoms with Crippen LogP contribution in [0.25, 0.3) is 0 Å². The van der Waals surface area contributed by atoms with Crippen molar-refractivity contribution in [2.24, 2.45) is 5.92 Å². The monoisotopic (exact) mass is 728 g/mol. The van der Waals surface area contributed by atoms with Crippen LogP contribution in [0, 0.1) is 5.92 Å². The zero-order chi connectivity index (χ0) is 34.3. The van der Waals surface area contributed by atoms with E-state index in [9.17, 15) is 22.0 Å². The number of rotatable bonds is 16. The van der Waals surface area contributed by atoms with Gasteiger partial charge in [0.2, 0.25) is 0 Å². The number of benzene rings is 2. The van der Waals surface area contributed by atoms with Gasteiger partial charge in [0.05, 0.1) is 54.0 Å². The number of ether oxygens (including phenoxy) is 5. The fourth-order valence-electron chi connectivity index (χ4n) is 5.19. The van der Waals surface area contributed by atoms with Crippen molar-refractivity contribution in [1.82, 2.24) is 9.88 Å². The first-order valence-electron chi connectivity index (χ1n) is 15.4. The normalized spacial score (nSPS) is 16.0. The van der Waals surface area contributed by atoms with Gasteiger partial charge in [-0.15, -0.1) is 0 Å². The number of nitrogens with zero attached hydrogens (tertiary/aromatic N) is 2. The zero-order valence-electron chi connectivity index (χ0n) is 26.2. The molecule has 2 heterocycles. The predicted molar refractivity (Wildman–Crippen MR) is 175 cm³/mol. The maximum atomic E-state index is 13.7. The van der Waals surface area contributed by atoms with Gasteiger partial charge in [0.25, 0.3) is 0 Å². The first kappa shape index (κ1) is 36.1. The molecule has 10 nitrogen and oxygen atoms in total. The van der Waals surface area contributed by atoms with Crippen LogP contribution >= 0.6 is 23.2 Å². The van der Waals surface area contributed by atoms with Crippen LogP contribution in [0.3, 0.4) is 0 Å². The summed E-state index contributed by atoms with van der Waals surface area (Å²) in [5.41, 5.74) is 1.23. The molecule has 0 radical (unpaired) electrons. The molecule has 0 amide bonds. The summed E-state index contributed by atoms with van der Waals surface area (Å²) in [4.78, 5) is 19.7. The Morgan fingerprint density at radius 2 is 1.75 bits per heavy atom. The Kier molecular flexibility index (Phi) is 12.4. The van der Waals surface area contributed by atoms with Crippen LogP contribution in [0.1, 0.15) is 46.0 Å². The largest absolute Gasteiger partial charge is 0.496 e. The van der Waals surface area contributed by atoms with Gasteiger partial charge >= 0.3 is 12.6 Å². The first-order chi connectivity index (χ1) is 23.0. The standard InChI is InChI=1S/C33H36Cl2F2N2O8S/c1-43-28-6-5-23(14-24(28)20-48(41,42)13-10-39-8-11-44-12-9-39)32(40)46-30(16-25-26(34)17-38-18-27(25)35)22-4-7-29(47-33(36)37)31(15-22)45-19-21-2-3-21/h4-7,14-15,17-18,21,30,33H,2-3,8-13,16,19-20H2,1H3/t30-/m0/s1. The Hall–Kier alpha value is -3.23. The smallest absolute Gasteiger partial charge is 0.387 e. The number of aromatic nitrogens is 1. The van der Waals surface area contributed by atoms with E-state index in [1.165, 1.54) is 55.9 Å². The van der Waals surface area contributed by atoms with Crippen molar-refractivity contribution in [2.75, 3.05) is 52.3 Å². The Bertz CT molecular complexity index is 1670. The summed E-state index contributed by atoms with van der Waals surface area (Å²) in [6, 6.07) is 8.71. The number of halogens is 4. The van der Waals surface area contributed by atoms with Gasteiger partial charge in [-0.25, -0.2) is 13.2 Å². The molecule has 5 rings (SSSR count). The minimum Gasteiger partial charge on any atom is -0.496 e. The number of morpholine rings is 1. The first-order valence-corrected chi connectivity index (χ1v) is 18.0. The molecule has 2 aliphatic rings. The third-order valence-corrected chi connectivity index (χ3v) is 10.2. The van der Waals surface area contributed by atoms with Crippen molar-refractivity contribution >= 4 is 39.0 Å². The van der Waals surface area contributed by atoms with Crippen LogP contribution in [-0.2, 0) is 31.5 Å². The van der Waals surface area contributed by atoms with Crippen LogP contribution in [0.5, 0.6) is 17.2 Å². The topological polar surface area (TPSA) is 113 Å². The van der Waals surface area contributed by atoms with E-state index >= 15 is 0 Å². The lowest BCUT2D eigenvalue weighted by Gasteiger charge is -2.26. The summed E-state index contributed by atoms with van der Waals surface area (Å²) in [5.74, 6) is -0.652. The fourth-order valence-corrected chi connectivity index (χ4v) is 7.09. The quantitative estimate of drug-likeness (QED) is 0.159. The molecule has 0 unspecified atom stereocenters. The summed E-state index contributed by atoms with van der Waals surface area (Å²) < 4.78 is 79.9. The Labute approximate surface area is 288 Å².